The molecule has 0 fully saturated rings. The Labute approximate surface area is 96.6 Å². The number of rotatable bonds is 6. The van der Waals surface area contributed by atoms with Gasteiger partial charge >= 0.3 is 0 Å². The average molecular weight is 221 g/mol. The molecule has 2 N–H and O–H groups in total. The van der Waals surface area contributed by atoms with E-state index < -0.39 is 0 Å². The Bertz CT molecular complexity index is 309. The Balaban J connectivity index is 2.28. The summed E-state index contributed by atoms with van der Waals surface area (Å²) >= 11 is 0. The third kappa shape index (κ3) is 5.53. The summed E-state index contributed by atoms with van der Waals surface area (Å²) < 4.78 is 0. The van der Waals surface area contributed by atoms with Gasteiger partial charge in [-0.05, 0) is 25.3 Å². The van der Waals surface area contributed by atoms with E-state index in [4.69, 9.17) is 5.11 Å². The quantitative estimate of drug-likeness (QED) is 0.725. The minimum Gasteiger partial charge on any atom is -0.393 e. The zero-order chi connectivity index (χ0) is 11.8. The fourth-order valence-electron chi connectivity index (χ4n) is 1.36. The van der Waals surface area contributed by atoms with Crippen molar-refractivity contribution in [3.05, 3.63) is 48.2 Å². The highest BCUT2D eigenvalue weighted by Gasteiger charge is 1.96. The highest BCUT2D eigenvalue weighted by atomic mass is 16.5. The summed E-state index contributed by atoms with van der Waals surface area (Å²) in [5.41, 5.74) is 1.06. The standard InChI is InChI=1S/C13H19NO2/c1-12(15)7-5-6-10-14(16)11-13-8-3-2-4-9-13/h2-4,6,8-10,12,15-16H,5,7,11H2,1H3/t12-/m1/s1. The van der Waals surface area contributed by atoms with Crippen LogP contribution in [0.1, 0.15) is 25.3 Å². The van der Waals surface area contributed by atoms with E-state index in [0.717, 1.165) is 23.5 Å². The van der Waals surface area contributed by atoms with Crippen LogP contribution in [0.15, 0.2) is 42.6 Å². The maximum absolute atomic E-state index is 9.55. The predicted molar refractivity (Wildman–Crippen MR) is 63.8 cm³/mol. The van der Waals surface area contributed by atoms with E-state index in [0.29, 0.717) is 6.54 Å². The smallest absolute Gasteiger partial charge is 0.0696 e. The highest BCUT2D eigenvalue weighted by Crippen LogP contribution is 2.03. The maximum Gasteiger partial charge on any atom is 0.0696 e. The van der Waals surface area contributed by atoms with Gasteiger partial charge in [0.15, 0.2) is 0 Å². The first-order valence-electron chi connectivity index (χ1n) is 5.52. The van der Waals surface area contributed by atoms with Crippen molar-refractivity contribution in [3.63, 3.8) is 0 Å². The molecule has 1 rings (SSSR count). The lowest BCUT2D eigenvalue weighted by Gasteiger charge is -2.11. The van der Waals surface area contributed by atoms with E-state index in [-0.39, 0.29) is 6.10 Å². The van der Waals surface area contributed by atoms with Crippen molar-refractivity contribution in [2.75, 3.05) is 0 Å². The van der Waals surface area contributed by atoms with Gasteiger partial charge in [-0.2, -0.15) is 0 Å². The minimum atomic E-state index is -0.286. The van der Waals surface area contributed by atoms with Crippen LogP contribution in [0.5, 0.6) is 0 Å². The molecule has 3 nitrogen and oxygen atoms in total. The van der Waals surface area contributed by atoms with Gasteiger partial charge in [0.25, 0.3) is 0 Å². The number of hydrogen-bond donors (Lipinski definition) is 2. The molecule has 0 radical (unpaired) electrons. The molecule has 88 valence electrons. The molecule has 0 unspecified atom stereocenters. The predicted octanol–water partition coefficient (Wildman–Crippen LogP) is 2.55. The summed E-state index contributed by atoms with van der Waals surface area (Å²) in [6.45, 7) is 2.24. The van der Waals surface area contributed by atoms with Gasteiger partial charge < -0.3 is 5.11 Å². The number of aliphatic hydroxyl groups excluding tert-OH is 1. The van der Waals surface area contributed by atoms with Gasteiger partial charge in [0.1, 0.15) is 0 Å². The third-order valence-electron chi connectivity index (χ3n) is 2.22. The molecule has 0 aliphatic carbocycles. The third-order valence-corrected chi connectivity index (χ3v) is 2.22. The van der Waals surface area contributed by atoms with Crippen LogP contribution in [0.4, 0.5) is 0 Å². The summed E-state index contributed by atoms with van der Waals surface area (Å²) in [6, 6.07) is 9.77. The first kappa shape index (κ1) is 12.7. The maximum atomic E-state index is 9.55. The van der Waals surface area contributed by atoms with Crippen LogP contribution in [-0.4, -0.2) is 21.5 Å². The molecule has 0 heterocycles. The lowest BCUT2D eigenvalue weighted by atomic mass is 10.2. The van der Waals surface area contributed by atoms with Crippen molar-refractivity contribution in [3.8, 4) is 0 Å². The molecular formula is C13H19NO2. The Morgan fingerprint density at radius 3 is 2.62 bits per heavy atom. The second-order valence-electron chi connectivity index (χ2n) is 3.89. The topological polar surface area (TPSA) is 43.7 Å². The molecule has 0 spiro atoms. The van der Waals surface area contributed by atoms with E-state index in [2.05, 4.69) is 0 Å². The van der Waals surface area contributed by atoms with Gasteiger partial charge in [-0.1, -0.05) is 36.4 Å². The zero-order valence-electron chi connectivity index (χ0n) is 9.58. The van der Waals surface area contributed by atoms with Gasteiger partial charge in [0.2, 0.25) is 0 Å². The van der Waals surface area contributed by atoms with E-state index in [9.17, 15) is 5.21 Å². The van der Waals surface area contributed by atoms with Crippen LogP contribution in [0.2, 0.25) is 0 Å². The molecular weight excluding hydrogens is 202 g/mol. The van der Waals surface area contributed by atoms with E-state index in [1.54, 1.807) is 13.1 Å². The SMILES string of the molecule is C[C@@H](O)CCC=CN(O)Cc1ccccc1. The molecule has 16 heavy (non-hydrogen) atoms. The fourth-order valence-corrected chi connectivity index (χ4v) is 1.36. The van der Waals surface area contributed by atoms with Crippen molar-refractivity contribution in [1.82, 2.24) is 5.06 Å². The van der Waals surface area contributed by atoms with Crippen LogP contribution >= 0.6 is 0 Å². The Kier molecular flexibility index (Phi) is 5.61. The Morgan fingerprint density at radius 1 is 1.31 bits per heavy atom. The van der Waals surface area contributed by atoms with E-state index in [1.165, 1.54) is 0 Å². The minimum absolute atomic E-state index is 0.286. The average Bonchev–Trinajstić information content (AvgIpc) is 2.25. The number of nitrogens with zero attached hydrogens (tertiary/aromatic N) is 1. The summed E-state index contributed by atoms with van der Waals surface area (Å²) in [5.74, 6) is 0. The van der Waals surface area contributed by atoms with Gasteiger partial charge in [-0.25, -0.2) is 0 Å². The monoisotopic (exact) mass is 221 g/mol. The molecule has 1 atom stereocenters. The van der Waals surface area contributed by atoms with Crippen LogP contribution < -0.4 is 0 Å². The van der Waals surface area contributed by atoms with E-state index in [1.807, 2.05) is 36.4 Å². The van der Waals surface area contributed by atoms with Crippen molar-refractivity contribution < 1.29 is 10.3 Å². The molecule has 0 aromatic heterocycles. The molecule has 1 aromatic carbocycles. The molecule has 0 aliphatic rings. The molecule has 0 bridgehead atoms. The van der Waals surface area contributed by atoms with Crippen molar-refractivity contribution in [1.29, 1.82) is 0 Å². The number of hydroxylamine groups is 2. The van der Waals surface area contributed by atoms with Gasteiger partial charge in [-0.3, -0.25) is 10.3 Å². The molecule has 0 amide bonds. The second kappa shape index (κ2) is 7.04. The highest BCUT2D eigenvalue weighted by molar-refractivity contribution is 5.14. The number of benzene rings is 1. The lowest BCUT2D eigenvalue weighted by Crippen LogP contribution is -2.10. The van der Waals surface area contributed by atoms with Crippen molar-refractivity contribution >= 4 is 0 Å². The number of hydrogen-bond acceptors (Lipinski definition) is 3. The van der Waals surface area contributed by atoms with Crippen LogP contribution in [0.25, 0.3) is 0 Å². The fraction of sp³-hybridized carbons (Fsp3) is 0.385. The van der Waals surface area contributed by atoms with Crippen LogP contribution in [0.3, 0.4) is 0 Å². The van der Waals surface area contributed by atoms with Crippen LogP contribution in [-0.2, 0) is 6.54 Å². The molecule has 0 saturated carbocycles. The first-order chi connectivity index (χ1) is 7.68. The summed E-state index contributed by atoms with van der Waals surface area (Å²) in [4.78, 5) is 0. The summed E-state index contributed by atoms with van der Waals surface area (Å²) in [5, 5.41) is 19.7. The normalized spacial score (nSPS) is 12.9. The molecule has 0 aliphatic heterocycles. The number of aliphatic hydroxyl groups is 1. The van der Waals surface area contributed by atoms with Crippen molar-refractivity contribution in [2.45, 2.75) is 32.4 Å². The molecule has 3 heteroatoms. The van der Waals surface area contributed by atoms with Crippen molar-refractivity contribution in [2.24, 2.45) is 0 Å². The summed E-state index contributed by atoms with van der Waals surface area (Å²) in [7, 11) is 0. The zero-order valence-corrected chi connectivity index (χ0v) is 9.58. The molecule has 0 saturated heterocycles. The van der Waals surface area contributed by atoms with Gasteiger partial charge in [0, 0.05) is 6.20 Å². The largest absolute Gasteiger partial charge is 0.393 e. The lowest BCUT2D eigenvalue weighted by molar-refractivity contribution is -0.0493. The van der Waals surface area contributed by atoms with Gasteiger partial charge in [0.05, 0.1) is 12.6 Å². The first-order valence-corrected chi connectivity index (χ1v) is 5.52. The number of allylic oxidation sites excluding steroid dienone is 1. The summed E-state index contributed by atoms with van der Waals surface area (Å²) in [6.07, 6.45) is 4.69. The van der Waals surface area contributed by atoms with Gasteiger partial charge in [-0.15, -0.1) is 0 Å². The van der Waals surface area contributed by atoms with Crippen LogP contribution in [0, 0.1) is 0 Å². The molecule has 1 aromatic rings. The Morgan fingerprint density at radius 2 is 2.00 bits per heavy atom. The Hall–Kier alpha value is -1.32. The van der Waals surface area contributed by atoms with E-state index >= 15 is 0 Å². The second-order valence-corrected chi connectivity index (χ2v) is 3.89.